The Labute approximate surface area is 133 Å². The molecule has 0 aliphatic heterocycles. The molecular weight excluding hydrogens is 339 g/mol. The third kappa shape index (κ3) is 3.66. The van der Waals surface area contributed by atoms with Gasteiger partial charge in [0.05, 0.1) is 11.6 Å². The van der Waals surface area contributed by atoms with Crippen molar-refractivity contribution in [3.8, 4) is 0 Å². The zero-order valence-corrected chi connectivity index (χ0v) is 12.9. The van der Waals surface area contributed by atoms with Gasteiger partial charge in [0.25, 0.3) is 5.91 Å². The van der Waals surface area contributed by atoms with Crippen LogP contribution in [0.25, 0.3) is 0 Å². The first-order chi connectivity index (χ1) is 10.0. The molecule has 10 heteroatoms. The summed E-state index contributed by atoms with van der Waals surface area (Å²) in [5.74, 6) is -1.30. The smallest absolute Gasteiger partial charge is 0.362 e. The van der Waals surface area contributed by atoms with Crippen LogP contribution in [0.5, 0.6) is 0 Å². The highest BCUT2D eigenvalue weighted by Gasteiger charge is 2.21. The number of hydrogen-bond donors (Lipinski definition) is 1. The number of esters is 1. The van der Waals surface area contributed by atoms with E-state index in [-0.39, 0.29) is 33.2 Å². The Hall–Kier alpha value is -1.77. The quantitative estimate of drug-likeness (QED) is 0.675. The molecule has 0 bridgehead atoms. The zero-order valence-electron chi connectivity index (χ0n) is 10.6. The Bertz CT molecular complexity index is 692. The third-order valence-corrected chi connectivity index (χ3v) is 3.37. The fourth-order valence-corrected chi connectivity index (χ4v) is 2.24. The molecule has 0 fully saturated rings. The van der Waals surface area contributed by atoms with Gasteiger partial charge >= 0.3 is 5.97 Å². The lowest BCUT2D eigenvalue weighted by Gasteiger charge is -2.05. The van der Waals surface area contributed by atoms with Gasteiger partial charge in [0.1, 0.15) is 10.8 Å². The van der Waals surface area contributed by atoms with Crippen LogP contribution in [0.4, 0.5) is 5.00 Å². The SMILES string of the molecule is CCOC(=O)c1nnsc1NC(=O)c1nc(Cl)ccc1Cl. The molecule has 21 heavy (non-hydrogen) atoms. The maximum Gasteiger partial charge on any atom is 0.362 e. The van der Waals surface area contributed by atoms with Crippen molar-refractivity contribution in [2.45, 2.75) is 6.92 Å². The molecule has 1 amide bonds. The number of halogens is 2. The fourth-order valence-electron chi connectivity index (χ4n) is 1.35. The summed E-state index contributed by atoms with van der Waals surface area (Å²) < 4.78 is 8.42. The maximum absolute atomic E-state index is 12.1. The Morgan fingerprint density at radius 1 is 1.33 bits per heavy atom. The molecule has 0 aromatic carbocycles. The van der Waals surface area contributed by atoms with Crippen LogP contribution < -0.4 is 5.32 Å². The highest BCUT2D eigenvalue weighted by molar-refractivity contribution is 7.10. The van der Waals surface area contributed by atoms with Crippen molar-refractivity contribution in [2.75, 3.05) is 11.9 Å². The molecule has 2 aromatic rings. The van der Waals surface area contributed by atoms with Gasteiger partial charge in [0.2, 0.25) is 5.69 Å². The van der Waals surface area contributed by atoms with Crippen LogP contribution in [0.1, 0.15) is 27.9 Å². The number of nitrogens with zero attached hydrogens (tertiary/aromatic N) is 3. The van der Waals surface area contributed by atoms with Gasteiger partial charge in [-0.25, -0.2) is 9.78 Å². The normalized spacial score (nSPS) is 10.2. The van der Waals surface area contributed by atoms with E-state index < -0.39 is 11.9 Å². The first-order valence-electron chi connectivity index (χ1n) is 5.65. The van der Waals surface area contributed by atoms with E-state index in [0.717, 1.165) is 11.5 Å². The minimum atomic E-state index is -0.674. The highest BCUT2D eigenvalue weighted by atomic mass is 35.5. The summed E-state index contributed by atoms with van der Waals surface area (Å²) in [6.07, 6.45) is 0. The molecule has 2 rings (SSSR count). The second kappa shape index (κ2) is 6.79. The number of rotatable bonds is 4. The predicted molar refractivity (Wildman–Crippen MR) is 78.1 cm³/mol. The van der Waals surface area contributed by atoms with Gasteiger partial charge in [-0.3, -0.25) is 4.79 Å². The summed E-state index contributed by atoms with van der Waals surface area (Å²) in [7, 11) is 0. The number of carbonyl (C=O) groups excluding carboxylic acids is 2. The number of nitrogens with one attached hydrogen (secondary N) is 1. The minimum absolute atomic E-state index is 0.0626. The molecule has 0 aliphatic carbocycles. The number of ether oxygens (including phenoxy) is 1. The van der Waals surface area contributed by atoms with Crippen LogP contribution in [0.15, 0.2) is 12.1 Å². The maximum atomic E-state index is 12.1. The Balaban J connectivity index is 2.22. The van der Waals surface area contributed by atoms with E-state index >= 15 is 0 Å². The molecule has 0 unspecified atom stereocenters. The number of amides is 1. The van der Waals surface area contributed by atoms with E-state index in [1.54, 1.807) is 6.92 Å². The molecule has 0 saturated heterocycles. The van der Waals surface area contributed by atoms with E-state index in [9.17, 15) is 9.59 Å². The molecule has 0 spiro atoms. The summed E-state index contributed by atoms with van der Waals surface area (Å²) in [6.45, 7) is 1.84. The van der Waals surface area contributed by atoms with Gasteiger partial charge in [-0.15, -0.1) is 5.10 Å². The van der Waals surface area contributed by atoms with Gasteiger partial charge in [0, 0.05) is 11.5 Å². The van der Waals surface area contributed by atoms with Crippen LogP contribution in [-0.4, -0.2) is 33.1 Å². The number of pyridine rings is 1. The third-order valence-electron chi connectivity index (χ3n) is 2.21. The van der Waals surface area contributed by atoms with E-state index in [1.165, 1.54) is 12.1 Å². The second-order valence-corrected chi connectivity index (χ2v) is 5.14. The lowest BCUT2D eigenvalue weighted by Crippen LogP contribution is -2.16. The molecular formula is C11H8Cl2N4O3S. The lowest BCUT2D eigenvalue weighted by molar-refractivity contribution is 0.0520. The van der Waals surface area contributed by atoms with Gasteiger partial charge in [0.15, 0.2) is 5.00 Å². The first-order valence-corrected chi connectivity index (χ1v) is 7.18. The van der Waals surface area contributed by atoms with Crippen LogP contribution >= 0.6 is 34.7 Å². The Morgan fingerprint density at radius 2 is 2.10 bits per heavy atom. The summed E-state index contributed by atoms with van der Waals surface area (Å²) in [4.78, 5) is 27.6. The largest absolute Gasteiger partial charge is 0.461 e. The summed E-state index contributed by atoms with van der Waals surface area (Å²) in [5.41, 5.74) is -0.138. The standard InChI is InChI=1S/C11H8Cl2N4O3S/c1-2-20-11(19)8-10(21-17-16-8)15-9(18)7-5(12)3-4-6(13)14-7/h3-4H,2H2,1H3,(H,15,18). The molecule has 0 saturated carbocycles. The van der Waals surface area contributed by atoms with E-state index in [0.29, 0.717) is 0 Å². The van der Waals surface area contributed by atoms with Crippen molar-refractivity contribution in [3.63, 3.8) is 0 Å². The monoisotopic (exact) mass is 346 g/mol. The number of hydrogen-bond acceptors (Lipinski definition) is 7. The topological polar surface area (TPSA) is 94.1 Å². The molecule has 0 aliphatic rings. The summed E-state index contributed by atoms with van der Waals surface area (Å²) >= 11 is 12.4. The van der Waals surface area contributed by atoms with Crippen molar-refractivity contribution in [1.29, 1.82) is 0 Å². The van der Waals surface area contributed by atoms with E-state index in [1.807, 2.05) is 0 Å². The minimum Gasteiger partial charge on any atom is -0.461 e. The molecule has 2 heterocycles. The average molecular weight is 347 g/mol. The van der Waals surface area contributed by atoms with Crippen LogP contribution in [0, 0.1) is 0 Å². The Kier molecular flexibility index (Phi) is 5.05. The van der Waals surface area contributed by atoms with Crippen molar-refractivity contribution < 1.29 is 14.3 Å². The molecule has 1 N–H and O–H groups in total. The van der Waals surface area contributed by atoms with Crippen molar-refractivity contribution in [2.24, 2.45) is 0 Å². The van der Waals surface area contributed by atoms with E-state index in [4.69, 9.17) is 27.9 Å². The number of anilines is 1. The molecule has 7 nitrogen and oxygen atoms in total. The summed E-state index contributed by atoms with van der Waals surface area (Å²) in [5, 5.41) is 6.49. The molecule has 0 radical (unpaired) electrons. The van der Waals surface area contributed by atoms with Crippen LogP contribution in [0.2, 0.25) is 10.2 Å². The highest BCUT2D eigenvalue weighted by Crippen LogP contribution is 2.22. The lowest BCUT2D eigenvalue weighted by atomic mass is 10.3. The van der Waals surface area contributed by atoms with Gasteiger partial charge in [-0.1, -0.05) is 27.7 Å². The summed E-state index contributed by atoms with van der Waals surface area (Å²) in [6, 6.07) is 2.90. The predicted octanol–water partition coefficient (Wildman–Crippen LogP) is 2.67. The second-order valence-electron chi connectivity index (χ2n) is 3.59. The molecule has 110 valence electrons. The van der Waals surface area contributed by atoms with Crippen molar-refractivity contribution in [1.82, 2.24) is 14.6 Å². The van der Waals surface area contributed by atoms with Crippen LogP contribution in [-0.2, 0) is 4.74 Å². The van der Waals surface area contributed by atoms with Gasteiger partial charge in [-0.05, 0) is 19.1 Å². The first kappa shape index (κ1) is 15.6. The van der Waals surface area contributed by atoms with Crippen molar-refractivity contribution >= 4 is 51.6 Å². The van der Waals surface area contributed by atoms with Crippen LogP contribution in [0.3, 0.4) is 0 Å². The number of carbonyl (C=O) groups is 2. The van der Waals surface area contributed by atoms with E-state index in [2.05, 4.69) is 19.9 Å². The van der Waals surface area contributed by atoms with Gasteiger partial charge in [-0.2, -0.15) is 0 Å². The molecule has 0 atom stereocenters. The average Bonchev–Trinajstić information content (AvgIpc) is 2.90. The van der Waals surface area contributed by atoms with Gasteiger partial charge < -0.3 is 10.1 Å². The fraction of sp³-hybridized carbons (Fsp3) is 0.182. The van der Waals surface area contributed by atoms with Crippen molar-refractivity contribution in [3.05, 3.63) is 33.7 Å². The number of aromatic nitrogens is 3. The molecule has 2 aromatic heterocycles. The Morgan fingerprint density at radius 3 is 2.81 bits per heavy atom. The zero-order chi connectivity index (χ0) is 15.4.